The van der Waals surface area contributed by atoms with E-state index in [0.29, 0.717) is 5.57 Å². The molecular formula is C10H14O4. The van der Waals surface area contributed by atoms with Crippen LogP contribution in [0.4, 0.5) is 0 Å². The van der Waals surface area contributed by atoms with Crippen molar-refractivity contribution in [1.82, 2.24) is 0 Å². The molecule has 0 aromatic carbocycles. The molecule has 0 radical (unpaired) electrons. The minimum atomic E-state index is -1.09. The molecule has 4 heteroatoms. The summed E-state index contributed by atoms with van der Waals surface area (Å²) < 4.78 is 11.0. The standard InChI is InChI=1S/C10H14O4/c1-5-4-6-9(8(12)7(5)11)14-10(2,3)13-6/h4,6,8-9,12H,1-3H3. The molecule has 14 heavy (non-hydrogen) atoms. The molecule has 1 fully saturated rings. The maximum atomic E-state index is 11.4. The van der Waals surface area contributed by atoms with E-state index in [-0.39, 0.29) is 11.9 Å². The third-order valence-electron chi connectivity index (χ3n) is 2.55. The fourth-order valence-electron chi connectivity index (χ4n) is 1.90. The molecule has 3 unspecified atom stereocenters. The van der Waals surface area contributed by atoms with E-state index in [9.17, 15) is 9.90 Å². The Hall–Kier alpha value is -0.710. The minimum Gasteiger partial charge on any atom is -0.382 e. The lowest BCUT2D eigenvalue weighted by Crippen LogP contribution is -2.44. The lowest BCUT2D eigenvalue weighted by atomic mass is 9.92. The van der Waals surface area contributed by atoms with E-state index in [1.165, 1.54) is 0 Å². The average molecular weight is 198 g/mol. The molecule has 0 aromatic rings. The van der Waals surface area contributed by atoms with Crippen molar-refractivity contribution >= 4 is 5.78 Å². The Bertz CT molecular complexity index is 305. The van der Waals surface area contributed by atoms with E-state index < -0.39 is 18.0 Å². The highest BCUT2D eigenvalue weighted by Gasteiger charge is 2.48. The Balaban J connectivity index is 2.30. The maximum absolute atomic E-state index is 11.4. The van der Waals surface area contributed by atoms with Gasteiger partial charge in [0.2, 0.25) is 0 Å². The molecule has 1 saturated heterocycles. The van der Waals surface area contributed by atoms with Gasteiger partial charge in [-0.3, -0.25) is 4.79 Å². The molecule has 78 valence electrons. The van der Waals surface area contributed by atoms with Gasteiger partial charge in [-0.2, -0.15) is 0 Å². The van der Waals surface area contributed by atoms with Gasteiger partial charge in [-0.05, 0) is 32.4 Å². The number of fused-ring (bicyclic) bond motifs is 1. The van der Waals surface area contributed by atoms with Crippen LogP contribution in [0.1, 0.15) is 20.8 Å². The molecule has 3 atom stereocenters. The molecule has 0 aromatic heterocycles. The first kappa shape index (κ1) is 9.83. The van der Waals surface area contributed by atoms with Crippen molar-refractivity contribution in [3.8, 4) is 0 Å². The van der Waals surface area contributed by atoms with Crippen LogP contribution in [-0.2, 0) is 14.3 Å². The highest BCUT2D eigenvalue weighted by Crippen LogP contribution is 2.34. The van der Waals surface area contributed by atoms with Crippen molar-refractivity contribution in [2.75, 3.05) is 0 Å². The van der Waals surface area contributed by atoms with Crippen LogP contribution in [0.15, 0.2) is 11.6 Å². The third-order valence-corrected chi connectivity index (χ3v) is 2.55. The highest BCUT2D eigenvalue weighted by atomic mass is 16.8. The van der Waals surface area contributed by atoms with Gasteiger partial charge in [-0.15, -0.1) is 0 Å². The maximum Gasteiger partial charge on any atom is 0.189 e. The fraction of sp³-hybridized carbons (Fsp3) is 0.700. The van der Waals surface area contributed by atoms with E-state index in [1.807, 2.05) is 0 Å². The SMILES string of the molecule is CC1=CC2OC(C)(C)OC2C(O)C1=O. The van der Waals surface area contributed by atoms with E-state index in [1.54, 1.807) is 26.8 Å². The van der Waals surface area contributed by atoms with Crippen LogP contribution < -0.4 is 0 Å². The zero-order valence-electron chi connectivity index (χ0n) is 8.48. The number of aliphatic hydroxyl groups excluding tert-OH is 1. The molecule has 1 heterocycles. The summed E-state index contributed by atoms with van der Waals surface area (Å²) in [6, 6.07) is 0. The number of hydrogen-bond acceptors (Lipinski definition) is 4. The Morgan fingerprint density at radius 3 is 2.71 bits per heavy atom. The summed E-state index contributed by atoms with van der Waals surface area (Å²) in [4.78, 5) is 11.4. The third kappa shape index (κ3) is 1.39. The van der Waals surface area contributed by atoms with Crippen LogP contribution in [-0.4, -0.2) is 35.0 Å². The number of Topliss-reactive ketones (excluding diaryl/α,β-unsaturated/α-hetero) is 1. The molecule has 2 aliphatic rings. The van der Waals surface area contributed by atoms with Crippen molar-refractivity contribution < 1.29 is 19.4 Å². The van der Waals surface area contributed by atoms with Crippen LogP contribution in [0.2, 0.25) is 0 Å². The molecule has 0 spiro atoms. The Kier molecular flexibility index (Phi) is 2.03. The van der Waals surface area contributed by atoms with E-state index in [2.05, 4.69) is 0 Å². The second kappa shape index (κ2) is 2.89. The first-order chi connectivity index (χ1) is 6.41. The first-order valence-electron chi connectivity index (χ1n) is 4.67. The molecule has 2 rings (SSSR count). The van der Waals surface area contributed by atoms with Crippen molar-refractivity contribution in [3.05, 3.63) is 11.6 Å². The van der Waals surface area contributed by atoms with E-state index in [4.69, 9.17) is 9.47 Å². The lowest BCUT2D eigenvalue weighted by Gasteiger charge is -2.24. The van der Waals surface area contributed by atoms with Crippen molar-refractivity contribution in [1.29, 1.82) is 0 Å². The first-order valence-corrected chi connectivity index (χ1v) is 4.67. The van der Waals surface area contributed by atoms with Gasteiger partial charge in [0.15, 0.2) is 11.6 Å². The average Bonchev–Trinajstić information content (AvgIpc) is 2.37. The van der Waals surface area contributed by atoms with Crippen LogP contribution in [0.25, 0.3) is 0 Å². The fourth-order valence-corrected chi connectivity index (χ4v) is 1.90. The van der Waals surface area contributed by atoms with Crippen LogP contribution in [0, 0.1) is 0 Å². The monoisotopic (exact) mass is 198 g/mol. The number of ether oxygens (including phenoxy) is 2. The summed E-state index contributed by atoms with van der Waals surface area (Å²) in [5.74, 6) is -0.995. The van der Waals surface area contributed by atoms with Crippen molar-refractivity contribution in [3.63, 3.8) is 0 Å². The van der Waals surface area contributed by atoms with Crippen LogP contribution in [0.3, 0.4) is 0 Å². The summed E-state index contributed by atoms with van der Waals surface area (Å²) in [6.07, 6.45) is -0.236. The molecule has 4 nitrogen and oxygen atoms in total. The summed E-state index contributed by atoms with van der Waals surface area (Å²) in [6.45, 7) is 5.22. The largest absolute Gasteiger partial charge is 0.382 e. The Labute approximate surface area is 82.5 Å². The van der Waals surface area contributed by atoms with Gasteiger partial charge in [0.1, 0.15) is 18.3 Å². The van der Waals surface area contributed by atoms with Gasteiger partial charge >= 0.3 is 0 Å². The van der Waals surface area contributed by atoms with Gasteiger partial charge in [0.25, 0.3) is 0 Å². The molecule has 0 amide bonds. The Morgan fingerprint density at radius 1 is 1.43 bits per heavy atom. The van der Waals surface area contributed by atoms with Gasteiger partial charge in [0, 0.05) is 0 Å². The quantitative estimate of drug-likeness (QED) is 0.612. The number of hydrogen-bond donors (Lipinski definition) is 1. The summed E-state index contributed by atoms with van der Waals surface area (Å²) in [7, 11) is 0. The normalized spacial score (nSPS) is 40.7. The minimum absolute atomic E-state index is 0.271. The smallest absolute Gasteiger partial charge is 0.189 e. The summed E-state index contributed by atoms with van der Waals surface area (Å²) in [5, 5.41) is 9.66. The number of carbonyl (C=O) groups excluding carboxylic acids is 1. The summed E-state index contributed by atoms with van der Waals surface area (Å²) >= 11 is 0. The van der Waals surface area contributed by atoms with Gasteiger partial charge < -0.3 is 14.6 Å². The topological polar surface area (TPSA) is 55.8 Å². The van der Waals surface area contributed by atoms with Gasteiger partial charge in [-0.25, -0.2) is 0 Å². The molecule has 1 aliphatic carbocycles. The second-order valence-electron chi connectivity index (χ2n) is 4.22. The summed E-state index contributed by atoms with van der Waals surface area (Å²) in [5.41, 5.74) is 0.542. The molecule has 0 bridgehead atoms. The predicted molar refractivity (Wildman–Crippen MR) is 48.6 cm³/mol. The Morgan fingerprint density at radius 2 is 2.07 bits per heavy atom. The number of aliphatic hydroxyl groups is 1. The lowest BCUT2D eigenvalue weighted by molar-refractivity contribution is -0.156. The zero-order chi connectivity index (χ0) is 10.5. The van der Waals surface area contributed by atoms with E-state index >= 15 is 0 Å². The highest BCUT2D eigenvalue weighted by molar-refractivity contribution is 5.99. The number of rotatable bonds is 0. The van der Waals surface area contributed by atoms with Gasteiger partial charge in [-0.1, -0.05) is 0 Å². The zero-order valence-corrected chi connectivity index (χ0v) is 8.48. The van der Waals surface area contributed by atoms with Crippen molar-refractivity contribution in [2.45, 2.75) is 44.9 Å². The second-order valence-corrected chi connectivity index (χ2v) is 4.22. The predicted octanol–water partition coefficient (Wildman–Crippen LogP) is 0.396. The van der Waals surface area contributed by atoms with Gasteiger partial charge in [0.05, 0.1) is 0 Å². The molecule has 1 N–H and O–H groups in total. The number of carbonyl (C=O) groups is 1. The molecule has 0 saturated carbocycles. The van der Waals surface area contributed by atoms with Crippen LogP contribution >= 0.6 is 0 Å². The van der Waals surface area contributed by atoms with E-state index in [0.717, 1.165) is 0 Å². The molecular weight excluding hydrogens is 184 g/mol. The van der Waals surface area contributed by atoms with Crippen molar-refractivity contribution in [2.24, 2.45) is 0 Å². The van der Waals surface area contributed by atoms with Crippen LogP contribution in [0.5, 0.6) is 0 Å². The molecule has 1 aliphatic heterocycles. The number of ketones is 1.